The van der Waals surface area contributed by atoms with Crippen LogP contribution < -0.4 is 4.74 Å². The lowest BCUT2D eigenvalue weighted by Gasteiger charge is -2.31. The lowest BCUT2D eigenvalue weighted by atomic mass is 9.99. The topological polar surface area (TPSA) is 64.3 Å². The van der Waals surface area contributed by atoms with E-state index < -0.39 is 11.7 Å². The number of pyridine rings is 1. The number of hydrogen-bond donors (Lipinski definition) is 0. The number of likely N-dealkylation sites (tertiary alicyclic amines) is 1. The Balaban J connectivity index is 1.57. The minimum absolute atomic E-state index is 0.126. The standard InChI is InChI=1S/C16H19F3N4O2/c1-11-21-14(25-22-11)9-23-7-3-4-12(8-23)10-24-15-13(16(17,18)19)5-2-6-20-15/h2,5-6,12H,3-4,7-10H2,1H3. The highest BCUT2D eigenvalue weighted by molar-refractivity contribution is 5.28. The Labute approximate surface area is 143 Å². The number of halogens is 3. The zero-order valence-electron chi connectivity index (χ0n) is 13.8. The van der Waals surface area contributed by atoms with Crippen LogP contribution in [0, 0.1) is 12.8 Å². The van der Waals surface area contributed by atoms with Crippen LogP contribution in [-0.4, -0.2) is 39.7 Å². The van der Waals surface area contributed by atoms with Gasteiger partial charge in [-0.1, -0.05) is 5.16 Å². The first-order chi connectivity index (χ1) is 11.9. The zero-order chi connectivity index (χ0) is 17.9. The van der Waals surface area contributed by atoms with Crippen LogP contribution in [0.3, 0.4) is 0 Å². The fraction of sp³-hybridized carbons (Fsp3) is 0.562. The van der Waals surface area contributed by atoms with Gasteiger partial charge in [0.05, 0.1) is 13.2 Å². The molecule has 0 aromatic carbocycles. The van der Waals surface area contributed by atoms with Gasteiger partial charge in [-0.25, -0.2) is 4.98 Å². The average Bonchev–Trinajstić information content (AvgIpc) is 2.98. The molecule has 1 atom stereocenters. The highest BCUT2D eigenvalue weighted by Gasteiger charge is 2.35. The van der Waals surface area contributed by atoms with E-state index in [1.165, 1.54) is 12.3 Å². The predicted octanol–water partition coefficient (Wildman–Crippen LogP) is 3.08. The van der Waals surface area contributed by atoms with Crippen molar-refractivity contribution < 1.29 is 22.4 Å². The monoisotopic (exact) mass is 356 g/mol. The van der Waals surface area contributed by atoms with E-state index >= 15 is 0 Å². The summed E-state index contributed by atoms with van der Waals surface area (Å²) in [6.07, 6.45) is -1.34. The molecule has 1 unspecified atom stereocenters. The maximum Gasteiger partial charge on any atom is 0.421 e. The molecule has 25 heavy (non-hydrogen) atoms. The summed E-state index contributed by atoms with van der Waals surface area (Å²) in [6, 6.07) is 2.23. The molecule has 1 aliphatic heterocycles. The van der Waals surface area contributed by atoms with E-state index in [0.29, 0.717) is 24.8 Å². The molecule has 1 fully saturated rings. The lowest BCUT2D eigenvalue weighted by Crippen LogP contribution is -2.37. The summed E-state index contributed by atoms with van der Waals surface area (Å²) in [5.41, 5.74) is -0.844. The quantitative estimate of drug-likeness (QED) is 0.820. The van der Waals surface area contributed by atoms with Crippen molar-refractivity contribution in [3.8, 4) is 5.88 Å². The third-order valence-corrected chi connectivity index (χ3v) is 4.06. The molecule has 0 saturated carbocycles. The second kappa shape index (κ2) is 7.38. The maximum atomic E-state index is 13.0. The Hall–Kier alpha value is -2.16. The molecule has 6 nitrogen and oxygen atoms in total. The van der Waals surface area contributed by atoms with Crippen molar-refractivity contribution in [2.45, 2.75) is 32.5 Å². The van der Waals surface area contributed by atoms with Gasteiger partial charge >= 0.3 is 6.18 Å². The highest BCUT2D eigenvalue weighted by atomic mass is 19.4. The van der Waals surface area contributed by atoms with Gasteiger partial charge in [0.25, 0.3) is 0 Å². The molecule has 9 heteroatoms. The van der Waals surface area contributed by atoms with Crippen LogP contribution in [-0.2, 0) is 12.7 Å². The molecule has 136 valence electrons. The van der Waals surface area contributed by atoms with Crippen LogP contribution >= 0.6 is 0 Å². The number of nitrogens with zero attached hydrogens (tertiary/aromatic N) is 4. The summed E-state index contributed by atoms with van der Waals surface area (Å²) in [5.74, 6) is 0.894. The fourth-order valence-electron chi connectivity index (χ4n) is 2.94. The number of aromatic nitrogens is 3. The third-order valence-electron chi connectivity index (χ3n) is 4.06. The maximum absolute atomic E-state index is 13.0. The highest BCUT2D eigenvalue weighted by Crippen LogP contribution is 2.35. The van der Waals surface area contributed by atoms with Gasteiger partial charge in [0, 0.05) is 18.7 Å². The summed E-state index contributed by atoms with van der Waals surface area (Å²) in [6.45, 7) is 4.07. The normalized spacial score (nSPS) is 19.1. The van der Waals surface area contributed by atoms with Gasteiger partial charge in [-0.2, -0.15) is 18.2 Å². The molecule has 3 heterocycles. The molecule has 0 amide bonds. The van der Waals surface area contributed by atoms with Gasteiger partial charge < -0.3 is 9.26 Å². The summed E-state index contributed by atoms with van der Waals surface area (Å²) in [7, 11) is 0. The van der Waals surface area contributed by atoms with Gasteiger partial charge in [0.2, 0.25) is 11.8 Å². The lowest BCUT2D eigenvalue weighted by molar-refractivity contribution is -0.139. The van der Waals surface area contributed by atoms with Gasteiger partial charge in [-0.3, -0.25) is 4.90 Å². The molecule has 0 aliphatic carbocycles. The smallest absolute Gasteiger partial charge is 0.421 e. The number of hydrogen-bond acceptors (Lipinski definition) is 6. The number of alkyl halides is 3. The second-order valence-electron chi connectivity index (χ2n) is 6.14. The summed E-state index contributed by atoms with van der Waals surface area (Å²) in [4.78, 5) is 10.1. The minimum atomic E-state index is -4.47. The van der Waals surface area contributed by atoms with Gasteiger partial charge in [0.15, 0.2) is 5.82 Å². The Morgan fingerprint density at radius 2 is 2.24 bits per heavy atom. The third kappa shape index (κ3) is 4.68. The van der Waals surface area contributed by atoms with Crippen molar-refractivity contribution in [2.24, 2.45) is 5.92 Å². The predicted molar refractivity (Wildman–Crippen MR) is 81.8 cm³/mol. The van der Waals surface area contributed by atoms with Crippen molar-refractivity contribution in [1.29, 1.82) is 0 Å². The first kappa shape index (κ1) is 17.7. The van der Waals surface area contributed by atoms with Crippen LogP contribution in [0.2, 0.25) is 0 Å². The Morgan fingerprint density at radius 1 is 1.40 bits per heavy atom. The van der Waals surface area contributed by atoms with Crippen LogP contribution in [0.5, 0.6) is 5.88 Å². The van der Waals surface area contributed by atoms with Gasteiger partial charge in [-0.15, -0.1) is 0 Å². The fourth-order valence-corrected chi connectivity index (χ4v) is 2.94. The first-order valence-corrected chi connectivity index (χ1v) is 8.08. The molecule has 0 spiro atoms. The van der Waals surface area contributed by atoms with Gasteiger partial charge in [0.1, 0.15) is 5.56 Å². The molecule has 2 aromatic rings. The number of rotatable bonds is 5. The molecular weight excluding hydrogens is 337 g/mol. The Kier molecular flexibility index (Phi) is 5.22. The van der Waals surface area contributed by atoms with E-state index in [1.54, 1.807) is 6.92 Å². The molecular formula is C16H19F3N4O2. The average molecular weight is 356 g/mol. The van der Waals surface area contributed by atoms with E-state index in [0.717, 1.165) is 25.5 Å². The second-order valence-corrected chi connectivity index (χ2v) is 6.14. The molecule has 0 bridgehead atoms. The van der Waals surface area contributed by atoms with Crippen molar-refractivity contribution in [1.82, 2.24) is 20.0 Å². The molecule has 1 saturated heterocycles. The van der Waals surface area contributed by atoms with Crippen LogP contribution in [0.15, 0.2) is 22.9 Å². The summed E-state index contributed by atoms with van der Waals surface area (Å²) < 4.78 is 49.4. The molecule has 0 radical (unpaired) electrons. The van der Waals surface area contributed by atoms with Crippen molar-refractivity contribution in [3.63, 3.8) is 0 Å². The van der Waals surface area contributed by atoms with Gasteiger partial charge in [-0.05, 0) is 38.4 Å². The molecule has 2 aromatic heterocycles. The first-order valence-electron chi connectivity index (χ1n) is 8.08. The van der Waals surface area contributed by atoms with E-state index in [1.807, 2.05) is 0 Å². The minimum Gasteiger partial charge on any atom is -0.477 e. The van der Waals surface area contributed by atoms with Crippen LogP contribution in [0.25, 0.3) is 0 Å². The number of ether oxygens (including phenoxy) is 1. The molecule has 0 N–H and O–H groups in total. The van der Waals surface area contributed by atoms with Crippen LogP contribution in [0.4, 0.5) is 13.2 Å². The SMILES string of the molecule is Cc1noc(CN2CCCC(COc3ncccc3C(F)(F)F)C2)n1. The van der Waals surface area contributed by atoms with Crippen molar-refractivity contribution >= 4 is 0 Å². The van der Waals surface area contributed by atoms with E-state index in [9.17, 15) is 13.2 Å². The summed E-state index contributed by atoms with van der Waals surface area (Å²) >= 11 is 0. The molecule has 1 aliphatic rings. The van der Waals surface area contributed by atoms with E-state index in [-0.39, 0.29) is 18.4 Å². The van der Waals surface area contributed by atoms with Crippen molar-refractivity contribution in [2.75, 3.05) is 19.7 Å². The Bertz CT molecular complexity index is 705. The summed E-state index contributed by atoms with van der Waals surface area (Å²) in [5, 5.41) is 3.76. The largest absolute Gasteiger partial charge is 0.477 e. The van der Waals surface area contributed by atoms with E-state index in [2.05, 4.69) is 20.0 Å². The number of piperidine rings is 1. The van der Waals surface area contributed by atoms with Crippen LogP contribution in [0.1, 0.15) is 30.1 Å². The van der Waals surface area contributed by atoms with E-state index in [4.69, 9.17) is 9.26 Å². The Morgan fingerprint density at radius 3 is 2.96 bits per heavy atom. The zero-order valence-corrected chi connectivity index (χ0v) is 13.8. The van der Waals surface area contributed by atoms with Crippen molar-refractivity contribution in [3.05, 3.63) is 35.6 Å². The molecule has 3 rings (SSSR count). The number of aryl methyl sites for hydroxylation is 1.